The molecule has 1 saturated carbocycles. The molecular weight excluding hydrogens is 268 g/mol. The van der Waals surface area contributed by atoms with E-state index in [0.29, 0.717) is 12.4 Å². The van der Waals surface area contributed by atoms with Gasteiger partial charge in [0.2, 0.25) is 11.8 Å². The SMILES string of the molecule is O=C1NCC(=O)N(Cc2ncccn2)C1C1CCCCC1. The normalized spacial score (nSPS) is 24.0. The summed E-state index contributed by atoms with van der Waals surface area (Å²) in [5, 5.41) is 2.72. The highest BCUT2D eigenvalue weighted by atomic mass is 16.2. The molecule has 1 aromatic rings. The second-order valence-corrected chi connectivity index (χ2v) is 5.75. The minimum atomic E-state index is -0.365. The van der Waals surface area contributed by atoms with Gasteiger partial charge in [0.05, 0.1) is 13.1 Å². The second-order valence-electron chi connectivity index (χ2n) is 5.75. The Morgan fingerprint density at radius 3 is 2.57 bits per heavy atom. The standard InChI is InChI=1S/C15H20N4O2/c20-13-9-18-15(21)14(11-5-2-1-3-6-11)19(13)10-12-16-7-4-8-17-12/h4,7-8,11,14H,1-3,5-6,9-10H2,(H,18,21). The molecule has 1 aliphatic heterocycles. The predicted molar refractivity (Wildman–Crippen MR) is 76.0 cm³/mol. The van der Waals surface area contributed by atoms with Crippen molar-refractivity contribution in [3.05, 3.63) is 24.3 Å². The van der Waals surface area contributed by atoms with Gasteiger partial charge in [0.15, 0.2) is 0 Å². The molecule has 1 aromatic heterocycles. The van der Waals surface area contributed by atoms with E-state index >= 15 is 0 Å². The van der Waals surface area contributed by atoms with Crippen LogP contribution in [-0.4, -0.2) is 39.3 Å². The average molecular weight is 288 g/mol. The monoisotopic (exact) mass is 288 g/mol. The summed E-state index contributed by atoms with van der Waals surface area (Å²) in [6, 6.07) is 1.38. The fourth-order valence-electron chi connectivity index (χ4n) is 3.33. The van der Waals surface area contributed by atoms with Gasteiger partial charge in [-0.15, -0.1) is 0 Å². The van der Waals surface area contributed by atoms with Crippen LogP contribution in [0.25, 0.3) is 0 Å². The van der Waals surface area contributed by atoms with Crippen LogP contribution in [0.2, 0.25) is 0 Å². The minimum absolute atomic E-state index is 0.0302. The summed E-state index contributed by atoms with van der Waals surface area (Å²) in [5.41, 5.74) is 0. The van der Waals surface area contributed by atoms with Crippen LogP contribution in [0.15, 0.2) is 18.5 Å². The Bertz CT molecular complexity index is 514. The summed E-state index contributed by atoms with van der Waals surface area (Å²) in [6.07, 6.45) is 8.84. The van der Waals surface area contributed by atoms with Crippen molar-refractivity contribution in [1.82, 2.24) is 20.2 Å². The number of hydrogen-bond acceptors (Lipinski definition) is 4. The Balaban J connectivity index is 1.81. The van der Waals surface area contributed by atoms with Gasteiger partial charge in [0.1, 0.15) is 11.9 Å². The van der Waals surface area contributed by atoms with Crippen molar-refractivity contribution in [2.75, 3.05) is 6.54 Å². The van der Waals surface area contributed by atoms with Crippen molar-refractivity contribution in [3.63, 3.8) is 0 Å². The van der Waals surface area contributed by atoms with Crippen molar-refractivity contribution in [2.45, 2.75) is 44.7 Å². The van der Waals surface area contributed by atoms with E-state index in [1.54, 1.807) is 23.4 Å². The van der Waals surface area contributed by atoms with E-state index in [1.165, 1.54) is 6.42 Å². The molecule has 2 fully saturated rings. The molecule has 2 aliphatic rings. The zero-order chi connectivity index (χ0) is 14.7. The molecule has 0 aromatic carbocycles. The Labute approximate surface area is 124 Å². The number of carbonyl (C=O) groups is 2. The minimum Gasteiger partial charge on any atom is -0.345 e. The van der Waals surface area contributed by atoms with E-state index in [-0.39, 0.29) is 30.3 Å². The molecule has 3 rings (SSSR count). The van der Waals surface area contributed by atoms with Crippen molar-refractivity contribution >= 4 is 11.8 Å². The summed E-state index contributed by atoms with van der Waals surface area (Å²) < 4.78 is 0. The Hall–Kier alpha value is -1.98. The van der Waals surface area contributed by atoms with E-state index in [2.05, 4.69) is 15.3 Å². The van der Waals surface area contributed by atoms with Crippen molar-refractivity contribution in [3.8, 4) is 0 Å². The highest BCUT2D eigenvalue weighted by Crippen LogP contribution is 2.30. The highest BCUT2D eigenvalue weighted by Gasteiger charge is 2.40. The van der Waals surface area contributed by atoms with Gasteiger partial charge in [-0.2, -0.15) is 0 Å². The lowest BCUT2D eigenvalue weighted by Crippen LogP contribution is -2.60. The van der Waals surface area contributed by atoms with Gasteiger partial charge in [0.25, 0.3) is 0 Å². The number of nitrogens with zero attached hydrogens (tertiary/aromatic N) is 3. The van der Waals surface area contributed by atoms with Crippen LogP contribution in [0, 0.1) is 5.92 Å². The number of hydrogen-bond donors (Lipinski definition) is 1. The quantitative estimate of drug-likeness (QED) is 0.896. The van der Waals surface area contributed by atoms with Gasteiger partial charge in [-0.3, -0.25) is 9.59 Å². The zero-order valence-electron chi connectivity index (χ0n) is 12.0. The molecule has 0 spiro atoms. The number of amides is 2. The molecule has 6 heteroatoms. The molecule has 1 aliphatic carbocycles. The van der Waals surface area contributed by atoms with Crippen LogP contribution < -0.4 is 5.32 Å². The van der Waals surface area contributed by atoms with E-state index < -0.39 is 0 Å². The topological polar surface area (TPSA) is 75.2 Å². The van der Waals surface area contributed by atoms with Gasteiger partial charge >= 0.3 is 0 Å². The van der Waals surface area contributed by atoms with Gasteiger partial charge in [-0.05, 0) is 24.8 Å². The Kier molecular flexibility index (Phi) is 4.13. The fraction of sp³-hybridized carbons (Fsp3) is 0.600. The molecule has 0 radical (unpaired) electrons. The molecule has 112 valence electrons. The molecule has 0 bridgehead atoms. The lowest BCUT2D eigenvalue weighted by atomic mass is 9.82. The molecular formula is C15H20N4O2. The second kappa shape index (κ2) is 6.20. The van der Waals surface area contributed by atoms with E-state index in [4.69, 9.17) is 0 Å². The number of rotatable bonds is 3. The maximum Gasteiger partial charge on any atom is 0.243 e. The van der Waals surface area contributed by atoms with Gasteiger partial charge in [-0.1, -0.05) is 19.3 Å². The first-order chi connectivity index (χ1) is 10.3. The van der Waals surface area contributed by atoms with Crippen molar-refractivity contribution in [2.24, 2.45) is 5.92 Å². The maximum absolute atomic E-state index is 12.3. The summed E-state index contributed by atoms with van der Waals surface area (Å²) in [7, 11) is 0. The van der Waals surface area contributed by atoms with Crippen molar-refractivity contribution in [1.29, 1.82) is 0 Å². The van der Waals surface area contributed by atoms with E-state index in [1.807, 2.05) is 0 Å². The summed E-state index contributed by atoms with van der Waals surface area (Å²) in [4.78, 5) is 34.6. The molecule has 1 saturated heterocycles. The third-order valence-corrected chi connectivity index (χ3v) is 4.37. The average Bonchev–Trinajstić information content (AvgIpc) is 2.53. The third kappa shape index (κ3) is 3.04. The van der Waals surface area contributed by atoms with Crippen LogP contribution >= 0.6 is 0 Å². The zero-order valence-corrected chi connectivity index (χ0v) is 12.0. The largest absolute Gasteiger partial charge is 0.345 e. The number of carbonyl (C=O) groups excluding carboxylic acids is 2. The fourth-order valence-corrected chi connectivity index (χ4v) is 3.33. The first-order valence-electron chi connectivity index (χ1n) is 7.59. The van der Waals surface area contributed by atoms with Crippen LogP contribution in [0.1, 0.15) is 37.9 Å². The molecule has 2 heterocycles. The summed E-state index contributed by atoms with van der Waals surface area (Å²) >= 11 is 0. The first kappa shape index (κ1) is 14.0. The van der Waals surface area contributed by atoms with Crippen molar-refractivity contribution < 1.29 is 9.59 Å². The maximum atomic E-state index is 12.3. The van der Waals surface area contributed by atoms with Crippen LogP contribution in [-0.2, 0) is 16.1 Å². The lowest BCUT2D eigenvalue weighted by Gasteiger charge is -2.40. The molecule has 21 heavy (non-hydrogen) atoms. The molecule has 1 N–H and O–H groups in total. The first-order valence-corrected chi connectivity index (χ1v) is 7.59. The van der Waals surface area contributed by atoms with E-state index in [0.717, 1.165) is 25.7 Å². The van der Waals surface area contributed by atoms with Gasteiger partial charge < -0.3 is 10.2 Å². The van der Waals surface area contributed by atoms with Crippen LogP contribution in [0.5, 0.6) is 0 Å². The molecule has 1 unspecified atom stereocenters. The van der Waals surface area contributed by atoms with E-state index in [9.17, 15) is 9.59 Å². The number of nitrogens with one attached hydrogen (secondary N) is 1. The van der Waals surface area contributed by atoms with Crippen LogP contribution in [0.4, 0.5) is 0 Å². The Morgan fingerprint density at radius 2 is 1.86 bits per heavy atom. The van der Waals surface area contributed by atoms with Gasteiger partial charge in [-0.25, -0.2) is 9.97 Å². The smallest absolute Gasteiger partial charge is 0.243 e. The Morgan fingerprint density at radius 1 is 1.14 bits per heavy atom. The van der Waals surface area contributed by atoms with Crippen LogP contribution in [0.3, 0.4) is 0 Å². The van der Waals surface area contributed by atoms with Gasteiger partial charge in [0, 0.05) is 12.4 Å². The highest BCUT2D eigenvalue weighted by molar-refractivity contribution is 5.95. The molecule has 1 atom stereocenters. The predicted octanol–water partition coefficient (Wildman–Crippen LogP) is 0.884. The molecule has 2 amide bonds. The summed E-state index contributed by atoms with van der Waals surface area (Å²) in [6.45, 7) is 0.392. The molecule has 6 nitrogen and oxygen atoms in total. The number of piperazine rings is 1. The lowest BCUT2D eigenvalue weighted by molar-refractivity contribution is -0.149. The number of aromatic nitrogens is 2. The third-order valence-electron chi connectivity index (χ3n) is 4.37. The summed E-state index contributed by atoms with van der Waals surface area (Å²) in [5.74, 6) is 0.767.